The number of rotatable bonds is 2. The Bertz CT molecular complexity index is 356. The molecule has 0 aromatic rings. The summed E-state index contributed by atoms with van der Waals surface area (Å²) >= 11 is 0. The predicted octanol–water partition coefficient (Wildman–Crippen LogP) is -1.14. The van der Waals surface area contributed by atoms with Gasteiger partial charge in [-0.05, 0) is 6.42 Å². The van der Waals surface area contributed by atoms with Crippen LogP contribution in [0.15, 0.2) is 0 Å². The maximum absolute atomic E-state index is 11.8. The predicted molar refractivity (Wildman–Crippen MR) is 59.9 cm³/mol. The number of nitrogens with zero attached hydrogens (tertiary/aromatic N) is 1. The quantitative estimate of drug-likeness (QED) is 0.639. The van der Waals surface area contributed by atoms with Crippen molar-refractivity contribution in [1.82, 2.24) is 15.5 Å². The van der Waals surface area contributed by atoms with Crippen molar-refractivity contribution in [2.45, 2.75) is 25.3 Å². The molecule has 94 valence electrons. The highest BCUT2D eigenvalue weighted by Crippen LogP contribution is 2.13. The summed E-state index contributed by atoms with van der Waals surface area (Å²) in [5, 5.41) is 5.55. The third-order valence-corrected chi connectivity index (χ3v) is 3.32. The van der Waals surface area contributed by atoms with Crippen LogP contribution in [0, 0.1) is 5.92 Å². The Labute approximate surface area is 99.7 Å². The Kier molecular flexibility index (Phi) is 3.31. The van der Waals surface area contributed by atoms with E-state index in [0.717, 1.165) is 0 Å². The van der Waals surface area contributed by atoms with Crippen LogP contribution in [0.1, 0.15) is 19.3 Å². The van der Waals surface area contributed by atoms with E-state index in [2.05, 4.69) is 10.6 Å². The van der Waals surface area contributed by atoms with Crippen molar-refractivity contribution < 1.29 is 14.4 Å². The second-order valence-corrected chi connectivity index (χ2v) is 4.72. The molecular weight excluding hydrogens is 222 g/mol. The minimum Gasteiger partial charge on any atom is -0.355 e. The number of likely N-dealkylation sites (tertiary alicyclic amines) is 1. The Morgan fingerprint density at radius 2 is 2.24 bits per heavy atom. The molecule has 2 N–H and O–H groups in total. The van der Waals surface area contributed by atoms with Crippen LogP contribution < -0.4 is 10.6 Å². The highest BCUT2D eigenvalue weighted by molar-refractivity contribution is 5.89. The van der Waals surface area contributed by atoms with Crippen LogP contribution in [0.4, 0.5) is 0 Å². The van der Waals surface area contributed by atoms with Crippen LogP contribution in [-0.2, 0) is 14.4 Å². The van der Waals surface area contributed by atoms with E-state index in [-0.39, 0.29) is 36.1 Å². The van der Waals surface area contributed by atoms with Gasteiger partial charge >= 0.3 is 0 Å². The first-order valence-corrected chi connectivity index (χ1v) is 5.87. The van der Waals surface area contributed by atoms with Crippen molar-refractivity contribution in [1.29, 1.82) is 0 Å². The number of carbonyl (C=O) groups is 3. The van der Waals surface area contributed by atoms with Crippen molar-refractivity contribution in [2.24, 2.45) is 5.92 Å². The van der Waals surface area contributed by atoms with Gasteiger partial charge in [0.2, 0.25) is 17.7 Å². The molecule has 0 saturated carbocycles. The zero-order chi connectivity index (χ0) is 12.4. The minimum absolute atomic E-state index is 0.0147. The lowest BCUT2D eigenvalue weighted by atomic mass is 10.0. The fourth-order valence-electron chi connectivity index (χ4n) is 2.24. The first-order valence-electron chi connectivity index (χ1n) is 5.87. The highest BCUT2D eigenvalue weighted by atomic mass is 16.2. The zero-order valence-corrected chi connectivity index (χ0v) is 9.86. The number of nitrogens with one attached hydrogen (secondary N) is 2. The van der Waals surface area contributed by atoms with Gasteiger partial charge in [-0.3, -0.25) is 14.4 Å². The first-order chi connectivity index (χ1) is 8.06. The van der Waals surface area contributed by atoms with Crippen LogP contribution in [0.3, 0.4) is 0 Å². The van der Waals surface area contributed by atoms with E-state index in [9.17, 15) is 14.4 Å². The number of carbonyl (C=O) groups excluding carboxylic acids is 3. The molecule has 2 aliphatic rings. The summed E-state index contributed by atoms with van der Waals surface area (Å²) in [7, 11) is 1.74. The summed E-state index contributed by atoms with van der Waals surface area (Å²) in [6.07, 6.45) is 1.43. The monoisotopic (exact) mass is 239 g/mol. The maximum atomic E-state index is 11.8. The summed E-state index contributed by atoms with van der Waals surface area (Å²) in [5.41, 5.74) is 0. The van der Waals surface area contributed by atoms with Crippen molar-refractivity contribution >= 4 is 17.7 Å². The molecule has 2 unspecified atom stereocenters. The normalized spacial score (nSPS) is 29.1. The molecule has 2 aliphatic heterocycles. The van der Waals surface area contributed by atoms with Gasteiger partial charge in [0.25, 0.3) is 0 Å². The van der Waals surface area contributed by atoms with E-state index < -0.39 is 0 Å². The molecule has 6 nitrogen and oxygen atoms in total. The van der Waals surface area contributed by atoms with Crippen molar-refractivity contribution in [2.75, 3.05) is 20.1 Å². The second kappa shape index (κ2) is 4.73. The maximum Gasteiger partial charge on any atom is 0.225 e. The molecule has 17 heavy (non-hydrogen) atoms. The van der Waals surface area contributed by atoms with Crippen molar-refractivity contribution in [3.05, 3.63) is 0 Å². The van der Waals surface area contributed by atoms with Gasteiger partial charge in [-0.25, -0.2) is 0 Å². The van der Waals surface area contributed by atoms with Gasteiger partial charge in [0, 0.05) is 39.0 Å². The largest absolute Gasteiger partial charge is 0.355 e. The standard InChI is InChI=1S/C11H17N3O3/c1-14-6-8(2-3-10(14)16)13-11(17)7-4-9(15)12-5-7/h7-8H,2-6H2,1H3,(H,12,15)(H,13,17). The Hall–Kier alpha value is -1.59. The SMILES string of the molecule is CN1CC(NC(=O)C2CNC(=O)C2)CCC1=O. The fraction of sp³-hybridized carbons (Fsp3) is 0.727. The molecule has 2 rings (SSSR count). The van der Waals surface area contributed by atoms with E-state index in [1.54, 1.807) is 11.9 Å². The van der Waals surface area contributed by atoms with Crippen LogP contribution >= 0.6 is 0 Å². The Morgan fingerprint density at radius 3 is 2.82 bits per heavy atom. The van der Waals surface area contributed by atoms with E-state index in [1.165, 1.54) is 0 Å². The summed E-state index contributed by atoms with van der Waals surface area (Å²) in [4.78, 5) is 35.8. The van der Waals surface area contributed by atoms with Crippen LogP contribution in [0.5, 0.6) is 0 Å². The summed E-state index contributed by atoms with van der Waals surface area (Å²) in [6, 6.07) is 0.0147. The number of amides is 3. The lowest BCUT2D eigenvalue weighted by molar-refractivity contribution is -0.134. The molecule has 0 aliphatic carbocycles. The van der Waals surface area contributed by atoms with Gasteiger partial charge < -0.3 is 15.5 Å². The van der Waals surface area contributed by atoms with E-state index in [1.807, 2.05) is 0 Å². The molecule has 2 fully saturated rings. The van der Waals surface area contributed by atoms with Gasteiger partial charge in [0.05, 0.1) is 5.92 Å². The Morgan fingerprint density at radius 1 is 1.47 bits per heavy atom. The average molecular weight is 239 g/mol. The van der Waals surface area contributed by atoms with Gasteiger partial charge in [-0.1, -0.05) is 0 Å². The highest BCUT2D eigenvalue weighted by Gasteiger charge is 2.31. The zero-order valence-electron chi connectivity index (χ0n) is 9.86. The fourth-order valence-corrected chi connectivity index (χ4v) is 2.24. The third-order valence-electron chi connectivity index (χ3n) is 3.32. The second-order valence-electron chi connectivity index (χ2n) is 4.72. The molecular formula is C11H17N3O3. The first kappa shape index (κ1) is 11.9. The van der Waals surface area contributed by atoms with E-state index in [0.29, 0.717) is 25.9 Å². The van der Waals surface area contributed by atoms with E-state index >= 15 is 0 Å². The van der Waals surface area contributed by atoms with Crippen molar-refractivity contribution in [3.8, 4) is 0 Å². The number of hydrogen-bond donors (Lipinski definition) is 2. The molecule has 0 spiro atoms. The smallest absolute Gasteiger partial charge is 0.225 e. The molecule has 2 atom stereocenters. The molecule has 3 amide bonds. The number of likely N-dealkylation sites (N-methyl/N-ethyl adjacent to an activating group) is 1. The minimum atomic E-state index is -0.259. The lowest BCUT2D eigenvalue weighted by Gasteiger charge is -2.30. The molecule has 0 aromatic heterocycles. The topological polar surface area (TPSA) is 78.5 Å². The molecule has 6 heteroatoms. The number of hydrogen-bond acceptors (Lipinski definition) is 3. The molecule has 2 saturated heterocycles. The molecule has 0 bridgehead atoms. The molecule has 0 radical (unpaired) electrons. The molecule has 2 heterocycles. The average Bonchev–Trinajstić information content (AvgIpc) is 2.70. The van der Waals surface area contributed by atoms with Crippen LogP contribution in [-0.4, -0.2) is 48.8 Å². The summed E-state index contributed by atoms with van der Waals surface area (Å²) in [6.45, 7) is 0.977. The van der Waals surface area contributed by atoms with Gasteiger partial charge in [-0.2, -0.15) is 0 Å². The van der Waals surface area contributed by atoms with Gasteiger partial charge in [0.1, 0.15) is 0 Å². The van der Waals surface area contributed by atoms with Crippen LogP contribution in [0.2, 0.25) is 0 Å². The third kappa shape index (κ3) is 2.75. The van der Waals surface area contributed by atoms with Crippen molar-refractivity contribution in [3.63, 3.8) is 0 Å². The van der Waals surface area contributed by atoms with E-state index in [4.69, 9.17) is 0 Å². The summed E-state index contributed by atoms with van der Waals surface area (Å²) in [5.74, 6) is -0.296. The molecule has 0 aromatic carbocycles. The summed E-state index contributed by atoms with van der Waals surface area (Å²) < 4.78 is 0. The number of piperidine rings is 1. The van der Waals surface area contributed by atoms with Gasteiger partial charge in [-0.15, -0.1) is 0 Å². The van der Waals surface area contributed by atoms with Gasteiger partial charge in [0.15, 0.2) is 0 Å². The lowest BCUT2D eigenvalue weighted by Crippen LogP contribution is -2.50. The van der Waals surface area contributed by atoms with Crippen LogP contribution in [0.25, 0.3) is 0 Å². The Balaban J connectivity index is 1.83.